The molecular weight excluding hydrogens is 432 g/mol. The van der Waals surface area contributed by atoms with Crippen LogP contribution in [0.15, 0.2) is 34.9 Å². The maximum atomic E-state index is 12.5. The molecule has 2 aromatic heterocycles. The summed E-state index contributed by atoms with van der Waals surface area (Å²) in [5.41, 5.74) is 15.0. The lowest BCUT2D eigenvalue weighted by Crippen LogP contribution is -2.15. The van der Waals surface area contributed by atoms with Crippen molar-refractivity contribution in [3.8, 4) is 11.3 Å². The molecule has 0 unspecified atom stereocenters. The summed E-state index contributed by atoms with van der Waals surface area (Å²) >= 11 is 0. The van der Waals surface area contributed by atoms with E-state index in [0.29, 0.717) is 17.4 Å². The van der Waals surface area contributed by atoms with E-state index in [2.05, 4.69) is 36.3 Å². The minimum Gasteiger partial charge on any atom is -0.383 e. The monoisotopic (exact) mass is 464 g/mol. The van der Waals surface area contributed by atoms with E-state index >= 15 is 0 Å². The smallest absolute Gasteiger partial charge is 0.254 e. The molecule has 1 saturated carbocycles. The molecule has 2 heterocycles. The van der Waals surface area contributed by atoms with Crippen molar-refractivity contribution in [3.63, 3.8) is 0 Å². The Morgan fingerprint density at radius 2 is 1.85 bits per heavy atom. The van der Waals surface area contributed by atoms with Gasteiger partial charge in [0.25, 0.3) is 5.91 Å². The molecule has 4 rings (SSSR count). The van der Waals surface area contributed by atoms with Crippen molar-refractivity contribution in [2.75, 3.05) is 11.1 Å². The van der Waals surface area contributed by atoms with Crippen molar-refractivity contribution in [2.24, 2.45) is 11.1 Å². The van der Waals surface area contributed by atoms with E-state index in [1.54, 1.807) is 10.7 Å². The number of nitrogens with two attached hydrogens (primary N) is 2. The number of aromatic nitrogens is 3. The Kier molecular flexibility index (Phi) is 6.45. The largest absolute Gasteiger partial charge is 0.383 e. The average Bonchev–Trinajstić information content (AvgIpc) is 3.48. The molecule has 0 atom stereocenters. The third kappa shape index (κ3) is 5.30. The molecule has 1 fully saturated rings. The molecule has 1 aromatic carbocycles. The van der Waals surface area contributed by atoms with Crippen molar-refractivity contribution in [3.05, 3.63) is 47.2 Å². The second-order valence-corrected chi connectivity index (χ2v) is 10.2. The van der Waals surface area contributed by atoms with Crippen LogP contribution < -0.4 is 16.8 Å². The number of nitrogens with zero attached hydrogens (tertiary/aromatic N) is 3. The van der Waals surface area contributed by atoms with Gasteiger partial charge in [0, 0.05) is 11.6 Å². The molecule has 0 spiro atoms. The zero-order valence-electron chi connectivity index (χ0n) is 19.9. The lowest BCUT2D eigenvalue weighted by molar-refractivity contribution is -0.115. The third-order valence-corrected chi connectivity index (χ3v) is 5.99. The van der Waals surface area contributed by atoms with Gasteiger partial charge in [0.05, 0.1) is 18.2 Å². The fraction of sp³-hybridized carbons (Fsp3) is 0.440. The van der Waals surface area contributed by atoms with Crippen LogP contribution in [0.1, 0.15) is 74.1 Å². The number of carbonyl (C=O) groups is 2. The summed E-state index contributed by atoms with van der Waals surface area (Å²) < 4.78 is 6.98. The number of amides is 2. The number of hydrogen-bond donors (Lipinski definition) is 3. The van der Waals surface area contributed by atoms with Crippen molar-refractivity contribution >= 4 is 23.5 Å². The quantitative estimate of drug-likeness (QED) is 0.480. The minimum atomic E-state index is -0.599. The van der Waals surface area contributed by atoms with E-state index in [-0.39, 0.29) is 29.3 Å². The Morgan fingerprint density at radius 3 is 2.47 bits per heavy atom. The Hall–Kier alpha value is -3.62. The van der Waals surface area contributed by atoms with Gasteiger partial charge in [0.15, 0.2) is 0 Å². The van der Waals surface area contributed by atoms with Crippen LogP contribution in [0.5, 0.6) is 0 Å². The van der Waals surface area contributed by atoms with E-state index in [0.717, 1.165) is 48.9 Å². The highest BCUT2D eigenvalue weighted by molar-refractivity contribution is 6.03. The number of nitrogens with one attached hydrogen (secondary N) is 1. The van der Waals surface area contributed by atoms with Crippen molar-refractivity contribution in [1.82, 2.24) is 14.9 Å². The van der Waals surface area contributed by atoms with Crippen LogP contribution >= 0.6 is 0 Å². The summed E-state index contributed by atoms with van der Waals surface area (Å²) in [4.78, 5) is 24.6. The molecule has 1 aliphatic rings. The fourth-order valence-electron chi connectivity index (χ4n) is 4.46. The van der Waals surface area contributed by atoms with Gasteiger partial charge in [-0.15, -0.1) is 0 Å². The van der Waals surface area contributed by atoms with Gasteiger partial charge < -0.3 is 16.0 Å². The minimum absolute atomic E-state index is 0.0753. The molecule has 5 N–H and O–H groups in total. The van der Waals surface area contributed by atoms with Crippen LogP contribution in [-0.2, 0) is 17.6 Å². The summed E-state index contributed by atoms with van der Waals surface area (Å²) in [5, 5.41) is 11.4. The van der Waals surface area contributed by atoms with Gasteiger partial charge in [0.1, 0.15) is 17.1 Å². The maximum absolute atomic E-state index is 12.5. The van der Waals surface area contributed by atoms with Gasteiger partial charge in [-0.25, -0.2) is 4.68 Å². The normalized spacial score (nSPS) is 14.4. The van der Waals surface area contributed by atoms with Crippen LogP contribution in [-0.4, -0.2) is 26.8 Å². The Bertz CT molecular complexity index is 1180. The van der Waals surface area contributed by atoms with Crippen molar-refractivity contribution in [2.45, 2.75) is 65.3 Å². The number of carbonyl (C=O) groups excluding carboxylic acids is 2. The van der Waals surface area contributed by atoms with Crippen LogP contribution in [0.25, 0.3) is 11.3 Å². The zero-order chi connectivity index (χ0) is 24.5. The predicted octanol–water partition coefficient (Wildman–Crippen LogP) is 4.10. The lowest BCUT2D eigenvalue weighted by atomic mass is 9.91. The SMILES string of the molecule is CC(C)(C)Cc1cc(NC(=O)Cc2ccc(-c3nn(C4CCCC4)c(N)c3C(N)=O)cc2)on1. The Labute approximate surface area is 198 Å². The molecule has 9 heteroatoms. The summed E-state index contributed by atoms with van der Waals surface area (Å²) in [5.74, 6) is -0.160. The molecule has 1 aliphatic carbocycles. The van der Waals surface area contributed by atoms with Gasteiger partial charge >= 0.3 is 0 Å². The van der Waals surface area contributed by atoms with Crippen LogP contribution in [0, 0.1) is 5.41 Å². The highest BCUT2D eigenvalue weighted by atomic mass is 16.5. The highest BCUT2D eigenvalue weighted by Crippen LogP contribution is 2.35. The predicted molar refractivity (Wildman–Crippen MR) is 130 cm³/mol. The molecule has 3 aromatic rings. The first kappa shape index (κ1) is 23.5. The summed E-state index contributed by atoms with van der Waals surface area (Å²) in [6.45, 7) is 6.34. The number of anilines is 2. The van der Waals surface area contributed by atoms with E-state index in [4.69, 9.17) is 16.0 Å². The summed E-state index contributed by atoms with van der Waals surface area (Å²) in [6.07, 6.45) is 5.13. The molecule has 0 saturated heterocycles. The van der Waals surface area contributed by atoms with Gasteiger partial charge in [-0.1, -0.05) is 63.0 Å². The first-order chi connectivity index (χ1) is 16.1. The topological polar surface area (TPSA) is 142 Å². The molecule has 34 heavy (non-hydrogen) atoms. The number of rotatable bonds is 7. The lowest BCUT2D eigenvalue weighted by Gasteiger charge is -2.14. The molecule has 0 radical (unpaired) electrons. The van der Waals surface area contributed by atoms with Gasteiger partial charge in [-0.3, -0.25) is 14.9 Å². The van der Waals surface area contributed by atoms with E-state index in [1.807, 2.05) is 24.3 Å². The average molecular weight is 465 g/mol. The number of primary amides is 1. The molecule has 2 amide bonds. The van der Waals surface area contributed by atoms with Crippen molar-refractivity contribution < 1.29 is 14.1 Å². The number of benzene rings is 1. The second-order valence-electron chi connectivity index (χ2n) is 10.2. The first-order valence-corrected chi connectivity index (χ1v) is 11.6. The summed E-state index contributed by atoms with van der Waals surface area (Å²) in [6, 6.07) is 9.25. The summed E-state index contributed by atoms with van der Waals surface area (Å²) in [7, 11) is 0. The van der Waals surface area contributed by atoms with Gasteiger partial charge in [-0.2, -0.15) is 5.10 Å². The standard InChI is InChI=1S/C25H32N6O3/c1-25(2,3)14-17-13-20(34-30-17)28-19(32)12-15-8-10-16(11-9-15)22-21(24(27)33)23(26)31(29-22)18-6-4-5-7-18/h8-11,13,18H,4-7,12,14,26H2,1-3H3,(H2,27,33)(H,28,32). The molecule has 180 valence electrons. The van der Waals surface area contributed by atoms with E-state index < -0.39 is 5.91 Å². The molecule has 0 aliphatic heterocycles. The van der Waals surface area contributed by atoms with Gasteiger partial charge in [-0.05, 0) is 30.2 Å². The highest BCUT2D eigenvalue weighted by Gasteiger charge is 2.27. The van der Waals surface area contributed by atoms with Gasteiger partial charge in [0.2, 0.25) is 11.8 Å². The first-order valence-electron chi connectivity index (χ1n) is 11.6. The zero-order valence-corrected chi connectivity index (χ0v) is 19.9. The second kappa shape index (κ2) is 9.32. The van der Waals surface area contributed by atoms with Crippen LogP contribution in [0.3, 0.4) is 0 Å². The number of hydrogen-bond acceptors (Lipinski definition) is 6. The van der Waals surface area contributed by atoms with Crippen LogP contribution in [0.2, 0.25) is 0 Å². The molecular formula is C25H32N6O3. The molecule has 0 bridgehead atoms. The van der Waals surface area contributed by atoms with Crippen molar-refractivity contribution in [1.29, 1.82) is 0 Å². The maximum Gasteiger partial charge on any atom is 0.254 e. The third-order valence-electron chi connectivity index (χ3n) is 5.99. The number of nitrogen functional groups attached to an aromatic ring is 1. The van der Waals surface area contributed by atoms with E-state index in [1.165, 1.54) is 0 Å². The molecule has 9 nitrogen and oxygen atoms in total. The fourth-order valence-corrected chi connectivity index (χ4v) is 4.46. The van der Waals surface area contributed by atoms with Crippen LogP contribution in [0.4, 0.5) is 11.7 Å². The Balaban J connectivity index is 1.46. The van der Waals surface area contributed by atoms with E-state index in [9.17, 15) is 9.59 Å². The Morgan fingerprint density at radius 1 is 1.18 bits per heavy atom.